The summed E-state index contributed by atoms with van der Waals surface area (Å²) in [6.07, 6.45) is 0. The lowest BCUT2D eigenvalue weighted by atomic mass is 10.3. The third-order valence-corrected chi connectivity index (χ3v) is 2.11. The third kappa shape index (κ3) is 3.28. The van der Waals surface area contributed by atoms with Crippen molar-refractivity contribution < 1.29 is 0 Å². The number of benzene rings is 1. The molecule has 1 aromatic carbocycles. The minimum atomic E-state index is 0.521. The Kier molecular flexibility index (Phi) is 3.63. The summed E-state index contributed by atoms with van der Waals surface area (Å²) >= 11 is 8.93. The molecule has 0 bridgehead atoms. The minimum absolute atomic E-state index is 0.521. The number of rotatable bonds is 3. The van der Waals surface area contributed by atoms with E-state index in [4.69, 9.17) is 17.3 Å². The smallest absolute Gasteiger partial charge is 0.0577 e. The van der Waals surface area contributed by atoms with Crippen molar-refractivity contribution in [2.75, 3.05) is 17.6 Å². The van der Waals surface area contributed by atoms with Crippen LogP contribution in [-0.2, 0) is 0 Å². The van der Waals surface area contributed by atoms with Gasteiger partial charge in [-0.05, 0) is 18.2 Å². The standard InChI is InChI=1S/C9H10BrClN2/c1-6(11)5-13-9-3-2-7(10)4-8(9)12/h2-4,13H,1,5,12H2. The molecule has 2 nitrogen and oxygen atoms in total. The van der Waals surface area contributed by atoms with Gasteiger partial charge in [0.25, 0.3) is 0 Å². The average Bonchev–Trinajstić information content (AvgIpc) is 2.02. The van der Waals surface area contributed by atoms with E-state index >= 15 is 0 Å². The molecule has 0 radical (unpaired) electrons. The molecule has 0 spiro atoms. The maximum atomic E-state index is 5.74. The van der Waals surface area contributed by atoms with Crippen LogP contribution < -0.4 is 11.1 Å². The van der Waals surface area contributed by atoms with E-state index in [0.717, 1.165) is 10.2 Å². The molecule has 0 aromatic heterocycles. The lowest BCUT2D eigenvalue weighted by Gasteiger charge is -2.08. The van der Waals surface area contributed by atoms with Crippen LogP contribution in [0.1, 0.15) is 0 Å². The summed E-state index contributed by atoms with van der Waals surface area (Å²) in [4.78, 5) is 0. The first-order valence-corrected chi connectivity index (χ1v) is 4.89. The number of hydrogen-bond acceptors (Lipinski definition) is 2. The van der Waals surface area contributed by atoms with Crippen LogP contribution in [0, 0.1) is 0 Å². The van der Waals surface area contributed by atoms with E-state index in [1.807, 2.05) is 18.2 Å². The number of anilines is 2. The van der Waals surface area contributed by atoms with Crippen LogP contribution in [0.15, 0.2) is 34.3 Å². The molecule has 0 aliphatic carbocycles. The van der Waals surface area contributed by atoms with Gasteiger partial charge >= 0.3 is 0 Å². The Bertz CT molecular complexity index is 325. The van der Waals surface area contributed by atoms with Crippen molar-refractivity contribution in [3.8, 4) is 0 Å². The molecular formula is C9H10BrClN2. The maximum absolute atomic E-state index is 5.74. The van der Waals surface area contributed by atoms with E-state index in [0.29, 0.717) is 17.3 Å². The van der Waals surface area contributed by atoms with Gasteiger partial charge in [0.15, 0.2) is 0 Å². The van der Waals surface area contributed by atoms with Crippen LogP contribution in [-0.4, -0.2) is 6.54 Å². The molecule has 1 aromatic rings. The molecule has 0 saturated carbocycles. The first-order valence-electron chi connectivity index (χ1n) is 3.72. The minimum Gasteiger partial charge on any atom is -0.397 e. The van der Waals surface area contributed by atoms with Crippen molar-refractivity contribution in [1.29, 1.82) is 0 Å². The zero-order valence-electron chi connectivity index (χ0n) is 6.98. The van der Waals surface area contributed by atoms with Crippen LogP contribution in [0.25, 0.3) is 0 Å². The van der Waals surface area contributed by atoms with Gasteiger partial charge in [-0.15, -0.1) is 0 Å². The van der Waals surface area contributed by atoms with Crippen LogP contribution in [0.5, 0.6) is 0 Å². The lowest BCUT2D eigenvalue weighted by molar-refractivity contribution is 1.32. The third-order valence-electron chi connectivity index (χ3n) is 1.48. The number of nitrogens with two attached hydrogens (primary N) is 1. The predicted octanol–water partition coefficient (Wildman–Crippen LogP) is 3.20. The van der Waals surface area contributed by atoms with Crippen molar-refractivity contribution in [3.05, 3.63) is 34.3 Å². The SMILES string of the molecule is C=C(Cl)CNc1ccc(Br)cc1N. The summed E-state index contributed by atoms with van der Waals surface area (Å²) < 4.78 is 0.959. The fourth-order valence-electron chi connectivity index (χ4n) is 0.886. The molecule has 0 unspecified atom stereocenters. The molecule has 3 N–H and O–H groups in total. The Morgan fingerprint density at radius 2 is 2.31 bits per heavy atom. The molecule has 0 heterocycles. The quantitative estimate of drug-likeness (QED) is 0.820. The van der Waals surface area contributed by atoms with Gasteiger partial charge in [-0.1, -0.05) is 34.1 Å². The summed E-state index contributed by atoms with van der Waals surface area (Å²) in [6, 6.07) is 5.63. The van der Waals surface area contributed by atoms with Gasteiger partial charge in [-0.2, -0.15) is 0 Å². The Hall–Kier alpha value is -0.670. The van der Waals surface area contributed by atoms with Gasteiger partial charge in [-0.3, -0.25) is 0 Å². The van der Waals surface area contributed by atoms with E-state index in [-0.39, 0.29) is 0 Å². The highest BCUT2D eigenvalue weighted by Gasteiger charge is 1.98. The highest BCUT2D eigenvalue weighted by Crippen LogP contribution is 2.23. The lowest BCUT2D eigenvalue weighted by Crippen LogP contribution is -2.03. The van der Waals surface area contributed by atoms with Crippen molar-refractivity contribution in [2.24, 2.45) is 0 Å². The fraction of sp³-hybridized carbons (Fsp3) is 0.111. The first kappa shape index (κ1) is 10.4. The van der Waals surface area contributed by atoms with Gasteiger partial charge in [-0.25, -0.2) is 0 Å². The van der Waals surface area contributed by atoms with Crippen LogP contribution >= 0.6 is 27.5 Å². The predicted molar refractivity (Wildman–Crippen MR) is 62.0 cm³/mol. The second kappa shape index (κ2) is 4.53. The monoisotopic (exact) mass is 260 g/mol. The van der Waals surface area contributed by atoms with Crippen molar-refractivity contribution in [2.45, 2.75) is 0 Å². The van der Waals surface area contributed by atoms with E-state index in [1.165, 1.54) is 0 Å². The summed E-state index contributed by atoms with van der Waals surface area (Å²) in [5.41, 5.74) is 7.30. The molecular weight excluding hydrogens is 251 g/mol. The summed E-state index contributed by atoms with van der Waals surface area (Å²) in [5, 5.41) is 3.62. The Morgan fingerprint density at radius 3 is 2.85 bits per heavy atom. The summed E-state index contributed by atoms with van der Waals surface area (Å²) in [7, 11) is 0. The number of halogens is 2. The molecule has 0 atom stereocenters. The molecule has 0 aliphatic rings. The number of nitrogen functional groups attached to an aromatic ring is 1. The zero-order chi connectivity index (χ0) is 9.84. The topological polar surface area (TPSA) is 38.0 Å². The second-order valence-corrected chi connectivity index (χ2v) is 4.05. The van der Waals surface area contributed by atoms with Gasteiger partial charge in [0.2, 0.25) is 0 Å². The van der Waals surface area contributed by atoms with Crippen molar-refractivity contribution >= 4 is 38.9 Å². The Labute approximate surface area is 90.9 Å². The first-order chi connectivity index (χ1) is 6.09. The summed E-state index contributed by atoms with van der Waals surface area (Å²) in [5.74, 6) is 0. The Balaban J connectivity index is 2.72. The second-order valence-electron chi connectivity index (χ2n) is 2.60. The van der Waals surface area contributed by atoms with Gasteiger partial charge in [0.1, 0.15) is 0 Å². The van der Waals surface area contributed by atoms with Crippen LogP contribution in [0.2, 0.25) is 0 Å². The van der Waals surface area contributed by atoms with Crippen LogP contribution in [0.4, 0.5) is 11.4 Å². The number of hydrogen-bond donors (Lipinski definition) is 2. The highest BCUT2D eigenvalue weighted by molar-refractivity contribution is 9.10. The highest BCUT2D eigenvalue weighted by atomic mass is 79.9. The molecule has 0 saturated heterocycles. The molecule has 0 fully saturated rings. The average molecular weight is 262 g/mol. The molecule has 4 heteroatoms. The van der Waals surface area contributed by atoms with E-state index < -0.39 is 0 Å². The van der Waals surface area contributed by atoms with E-state index in [9.17, 15) is 0 Å². The molecule has 0 aliphatic heterocycles. The van der Waals surface area contributed by atoms with Gasteiger partial charge in [0, 0.05) is 9.51 Å². The molecule has 70 valence electrons. The van der Waals surface area contributed by atoms with Crippen LogP contribution in [0.3, 0.4) is 0 Å². The van der Waals surface area contributed by atoms with E-state index in [1.54, 1.807) is 0 Å². The fourth-order valence-corrected chi connectivity index (χ4v) is 1.33. The Morgan fingerprint density at radius 1 is 1.62 bits per heavy atom. The summed E-state index contributed by atoms with van der Waals surface area (Å²) in [6.45, 7) is 4.09. The van der Waals surface area contributed by atoms with Gasteiger partial charge < -0.3 is 11.1 Å². The zero-order valence-corrected chi connectivity index (χ0v) is 9.32. The largest absolute Gasteiger partial charge is 0.397 e. The van der Waals surface area contributed by atoms with E-state index in [2.05, 4.69) is 27.8 Å². The van der Waals surface area contributed by atoms with Crippen molar-refractivity contribution in [1.82, 2.24) is 0 Å². The normalized spacial score (nSPS) is 9.69. The maximum Gasteiger partial charge on any atom is 0.0577 e. The molecule has 1 rings (SSSR count). The van der Waals surface area contributed by atoms with Gasteiger partial charge in [0.05, 0.1) is 17.9 Å². The van der Waals surface area contributed by atoms with Crippen molar-refractivity contribution in [3.63, 3.8) is 0 Å². The molecule has 0 amide bonds. The number of nitrogens with one attached hydrogen (secondary N) is 1. The molecule has 13 heavy (non-hydrogen) atoms.